The van der Waals surface area contributed by atoms with E-state index in [-0.39, 0.29) is 17.0 Å². The molecule has 0 aliphatic rings. The van der Waals surface area contributed by atoms with Crippen LogP contribution in [0.15, 0.2) is 52.3 Å². The fraction of sp³-hybridized carbons (Fsp3) is 0.154. The van der Waals surface area contributed by atoms with Crippen LogP contribution in [0.1, 0.15) is 5.56 Å². The van der Waals surface area contributed by atoms with Crippen molar-refractivity contribution >= 4 is 10.0 Å². The third kappa shape index (κ3) is 3.12. The Labute approximate surface area is 115 Å². The predicted octanol–water partition coefficient (Wildman–Crippen LogP) is 1.33. The van der Waals surface area contributed by atoms with E-state index in [1.54, 1.807) is 6.07 Å². The van der Waals surface area contributed by atoms with E-state index >= 15 is 0 Å². The summed E-state index contributed by atoms with van der Waals surface area (Å²) in [7, 11) is -2.33. The second-order valence-electron chi connectivity index (χ2n) is 4.28. The summed E-state index contributed by atoms with van der Waals surface area (Å²) in [4.78, 5) is 13.2. The van der Waals surface area contributed by atoms with E-state index < -0.39 is 15.8 Å². The highest BCUT2D eigenvalue weighted by atomic mass is 32.2. The maximum Gasteiger partial charge on any atom is 0.247 e. The second-order valence-corrected chi connectivity index (χ2v) is 6.32. The Hall–Kier alpha value is -1.99. The van der Waals surface area contributed by atoms with Crippen LogP contribution in [-0.4, -0.2) is 24.8 Å². The van der Waals surface area contributed by atoms with Crippen molar-refractivity contribution in [2.45, 2.75) is 11.4 Å². The number of H-pyrrole nitrogens is 1. The maximum absolute atomic E-state index is 13.1. The molecule has 0 aliphatic heterocycles. The number of sulfonamides is 1. The van der Waals surface area contributed by atoms with Crippen molar-refractivity contribution in [3.05, 3.63) is 64.3 Å². The first-order chi connectivity index (χ1) is 9.39. The van der Waals surface area contributed by atoms with Crippen LogP contribution in [0.5, 0.6) is 0 Å². The molecule has 0 bridgehead atoms. The Morgan fingerprint density at radius 3 is 2.60 bits per heavy atom. The Morgan fingerprint density at radius 1 is 1.25 bits per heavy atom. The van der Waals surface area contributed by atoms with Gasteiger partial charge >= 0.3 is 0 Å². The molecule has 1 aromatic carbocycles. The molecule has 0 unspecified atom stereocenters. The molecule has 1 N–H and O–H groups in total. The number of pyridine rings is 1. The Kier molecular flexibility index (Phi) is 4.01. The smallest absolute Gasteiger partial charge is 0.247 e. The van der Waals surface area contributed by atoms with Gasteiger partial charge < -0.3 is 4.98 Å². The first-order valence-corrected chi connectivity index (χ1v) is 7.23. The molecule has 1 aromatic heterocycles. The fourth-order valence-corrected chi connectivity index (χ4v) is 2.84. The molecule has 0 saturated carbocycles. The molecule has 20 heavy (non-hydrogen) atoms. The number of hydrogen-bond donors (Lipinski definition) is 1. The van der Waals surface area contributed by atoms with Crippen LogP contribution < -0.4 is 5.56 Å². The van der Waals surface area contributed by atoms with E-state index in [0.29, 0.717) is 5.56 Å². The predicted molar refractivity (Wildman–Crippen MR) is 72.1 cm³/mol. The number of hydrogen-bond acceptors (Lipinski definition) is 3. The van der Waals surface area contributed by atoms with Gasteiger partial charge in [-0.3, -0.25) is 4.79 Å². The second kappa shape index (κ2) is 5.56. The molecule has 0 saturated heterocycles. The lowest BCUT2D eigenvalue weighted by atomic mass is 10.2. The van der Waals surface area contributed by atoms with Crippen LogP contribution in [0.4, 0.5) is 4.39 Å². The highest BCUT2D eigenvalue weighted by molar-refractivity contribution is 7.89. The van der Waals surface area contributed by atoms with Crippen molar-refractivity contribution in [2.24, 2.45) is 0 Å². The molecule has 0 amide bonds. The molecular formula is C13H13FN2O3S. The maximum atomic E-state index is 13.1. The van der Waals surface area contributed by atoms with Gasteiger partial charge in [-0.2, -0.15) is 4.31 Å². The van der Waals surface area contributed by atoms with E-state index in [9.17, 15) is 17.6 Å². The molecular weight excluding hydrogens is 283 g/mol. The minimum atomic E-state index is -3.73. The van der Waals surface area contributed by atoms with Gasteiger partial charge in [0, 0.05) is 25.9 Å². The number of halogens is 1. The molecule has 7 heteroatoms. The summed E-state index contributed by atoms with van der Waals surface area (Å²) in [6.07, 6.45) is 1.14. The highest BCUT2D eigenvalue weighted by Crippen LogP contribution is 2.15. The summed E-state index contributed by atoms with van der Waals surface area (Å²) in [5, 5.41) is 0. The van der Waals surface area contributed by atoms with E-state index in [0.717, 1.165) is 16.6 Å². The standard InChI is InChI=1S/C13H13FN2O3S/c1-16(9-10-3-2-4-11(14)7-10)20(18,19)12-5-6-13(17)15-8-12/h2-8H,9H2,1H3,(H,15,17). The molecule has 106 valence electrons. The number of benzene rings is 1. The Balaban J connectivity index is 2.25. The van der Waals surface area contributed by atoms with Crippen LogP contribution in [-0.2, 0) is 16.6 Å². The van der Waals surface area contributed by atoms with E-state index in [1.165, 1.54) is 31.3 Å². The van der Waals surface area contributed by atoms with E-state index in [4.69, 9.17) is 0 Å². The van der Waals surface area contributed by atoms with Crippen molar-refractivity contribution in [1.29, 1.82) is 0 Å². The molecule has 0 radical (unpaired) electrons. The summed E-state index contributed by atoms with van der Waals surface area (Å²) in [5.41, 5.74) is 0.164. The quantitative estimate of drug-likeness (QED) is 0.925. The highest BCUT2D eigenvalue weighted by Gasteiger charge is 2.21. The molecule has 0 atom stereocenters. The van der Waals surface area contributed by atoms with Crippen LogP contribution in [0.2, 0.25) is 0 Å². The topological polar surface area (TPSA) is 70.2 Å². The monoisotopic (exact) mass is 296 g/mol. The zero-order valence-electron chi connectivity index (χ0n) is 10.7. The summed E-state index contributed by atoms with van der Waals surface area (Å²) in [6, 6.07) is 8.10. The largest absolute Gasteiger partial charge is 0.328 e. The third-order valence-electron chi connectivity index (χ3n) is 2.76. The van der Waals surface area contributed by atoms with E-state index in [1.807, 2.05) is 0 Å². The van der Waals surface area contributed by atoms with Gasteiger partial charge in [-0.15, -0.1) is 0 Å². The van der Waals surface area contributed by atoms with Gasteiger partial charge in [0.05, 0.1) is 4.90 Å². The number of aromatic nitrogens is 1. The number of rotatable bonds is 4. The van der Waals surface area contributed by atoms with Crippen LogP contribution in [0, 0.1) is 5.82 Å². The number of nitrogens with one attached hydrogen (secondary N) is 1. The van der Waals surface area contributed by atoms with Crippen molar-refractivity contribution in [3.8, 4) is 0 Å². The average molecular weight is 296 g/mol. The van der Waals surface area contributed by atoms with Gasteiger partial charge in [0.2, 0.25) is 15.6 Å². The minimum absolute atomic E-state index is 0.0176. The molecule has 0 fully saturated rings. The molecule has 0 spiro atoms. The summed E-state index contributed by atoms with van der Waals surface area (Å²) < 4.78 is 38.7. The van der Waals surface area contributed by atoms with E-state index in [2.05, 4.69) is 4.98 Å². The first-order valence-electron chi connectivity index (χ1n) is 5.79. The third-order valence-corrected chi connectivity index (χ3v) is 4.56. The Bertz CT molecular complexity index is 751. The zero-order valence-corrected chi connectivity index (χ0v) is 11.5. The van der Waals surface area contributed by atoms with Gasteiger partial charge in [0.15, 0.2) is 0 Å². The molecule has 0 aliphatic carbocycles. The SMILES string of the molecule is CN(Cc1cccc(F)c1)S(=O)(=O)c1ccc(=O)[nH]c1. The van der Waals surface area contributed by atoms with Crippen molar-refractivity contribution in [1.82, 2.24) is 9.29 Å². The lowest BCUT2D eigenvalue weighted by Gasteiger charge is -2.17. The van der Waals surface area contributed by atoms with Crippen molar-refractivity contribution in [2.75, 3.05) is 7.05 Å². The minimum Gasteiger partial charge on any atom is -0.328 e. The van der Waals surface area contributed by atoms with Crippen LogP contribution in [0.3, 0.4) is 0 Å². The van der Waals surface area contributed by atoms with Crippen LogP contribution >= 0.6 is 0 Å². The molecule has 5 nitrogen and oxygen atoms in total. The van der Waals surface area contributed by atoms with Crippen LogP contribution in [0.25, 0.3) is 0 Å². The van der Waals surface area contributed by atoms with Crippen molar-refractivity contribution < 1.29 is 12.8 Å². The van der Waals surface area contributed by atoms with Gasteiger partial charge in [0.25, 0.3) is 0 Å². The fourth-order valence-electron chi connectivity index (χ4n) is 1.71. The van der Waals surface area contributed by atoms with Gasteiger partial charge in [0.1, 0.15) is 5.82 Å². The normalized spacial score (nSPS) is 11.8. The summed E-state index contributed by atoms with van der Waals surface area (Å²) in [5.74, 6) is -0.419. The Morgan fingerprint density at radius 2 is 2.00 bits per heavy atom. The summed E-state index contributed by atoms with van der Waals surface area (Å²) in [6.45, 7) is 0.0409. The first kappa shape index (κ1) is 14.4. The van der Waals surface area contributed by atoms with Gasteiger partial charge in [-0.25, -0.2) is 12.8 Å². The lowest BCUT2D eigenvalue weighted by molar-refractivity contribution is 0.465. The molecule has 1 heterocycles. The van der Waals surface area contributed by atoms with Gasteiger partial charge in [-0.05, 0) is 23.8 Å². The number of aromatic amines is 1. The van der Waals surface area contributed by atoms with Gasteiger partial charge in [-0.1, -0.05) is 12.1 Å². The number of nitrogens with zero attached hydrogens (tertiary/aromatic N) is 1. The summed E-state index contributed by atoms with van der Waals surface area (Å²) >= 11 is 0. The van der Waals surface area contributed by atoms with Crippen molar-refractivity contribution in [3.63, 3.8) is 0 Å². The average Bonchev–Trinajstić information content (AvgIpc) is 2.39. The molecule has 2 rings (SSSR count). The molecule has 2 aromatic rings. The lowest BCUT2D eigenvalue weighted by Crippen LogP contribution is -2.27. The zero-order chi connectivity index (χ0) is 14.8.